The standard InChI is InChI=1S/C37H26BrNS/c1-37(2)31-13-7-5-11-28(31)29-18-17-26(20-32(29)37)39(25-16-15-23-9-3-4-10-24(23)19-25)27-21-33(38)36-30-12-6-8-14-34(30)40-35(36)22-27/h3-22H,1-2H3. The molecule has 0 spiro atoms. The van der Waals surface area contributed by atoms with E-state index in [4.69, 9.17) is 0 Å². The number of thiophene rings is 1. The number of benzene rings is 6. The molecule has 0 bridgehead atoms. The first-order valence-electron chi connectivity index (χ1n) is 13.6. The Morgan fingerprint density at radius 2 is 1.27 bits per heavy atom. The highest BCUT2D eigenvalue weighted by molar-refractivity contribution is 9.10. The van der Waals surface area contributed by atoms with Gasteiger partial charge in [0.1, 0.15) is 0 Å². The van der Waals surface area contributed by atoms with Crippen LogP contribution in [0.25, 0.3) is 42.1 Å². The second kappa shape index (κ2) is 8.79. The summed E-state index contributed by atoms with van der Waals surface area (Å²) in [5, 5.41) is 5.07. The lowest BCUT2D eigenvalue weighted by Gasteiger charge is -2.28. The highest BCUT2D eigenvalue weighted by atomic mass is 79.9. The van der Waals surface area contributed by atoms with Crippen LogP contribution in [0.3, 0.4) is 0 Å². The van der Waals surface area contributed by atoms with Crippen LogP contribution in [0, 0.1) is 0 Å². The lowest BCUT2D eigenvalue weighted by atomic mass is 9.82. The van der Waals surface area contributed by atoms with Crippen LogP contribution in [0.2, 0.25) is 0 Å². The minimum Gasteiger partial charge on any atom is -0.310 e. The molecule has 3 heteroatoms. The molecule has 0 unspecified atom stereocenters. The van der Waals surface area contributed by atoms with Gasteiger partial charge in [-0.25, -0.2) is 0 Å². The van der Waals surface area contributed by atoms with E-state index in [1.165, 1.54) is 58.9 Å². The molecule has 0 aliphatic heterocycles. The summed E-state index contributed by atoms with van der Waals surface area (Å²) < 4.78 is 3.71. The van der Waals surface area contributed by atoms with Gasteiger partial charge < -0.3 is 4.90 Å². The first-order chi connectivity index (χ1) is 19.5. The minimum absolute atomic E-state index is 0.0625. The Bertz CT molecular complexity index is 2120. The smallest absolute Gasteiger partial charge is 0.0487 e. The maximum absolute atomic E-state index is 3.97. The van der Waals surface area contributed by atoms with Crippen molar-refractivity contribution in [2.24, 2.45) is 0 Å². The molecular weight excluding hydrogens is 570 g/mol. The number of halogens is 1. The Hall–Kier alpha value is -3.92. The zero-order valence-electron chi connectivity index (χ0n) is 22.3. The van der Waals surface area contributed by atoms with Crippen LogP contribution in [0.5, 0.6) is 0 Å². The van der Waals surface area contributed by atoms with Crippen LogP contribution in [-0.2, 0) is 5.41 Å². The minimum atomic E-state index is -0.0625. The van der Waals surface area contributed by atoms with Crippen LogP contribution in [0.1, 0.15) is 25.0 Å². The van der Waals surface area contributed by atoms with Crippen LogP contribution >= 0.6 is 27.3 Å². The fourth-order valence-electron chi connectivity index (χ4n) is 6.51. The number of anilines is 3. The average Bonchev–Trinajstić information content (AvgIpc) is 3.46. The van der Waals surface area contributed by atoms with Gasteiger partial charge in [-0.1, -0.05) is 109 Å². The zero-order chi connectivity index (χ0) is 27.0. The molecule has 0 atom stereocenters. The summed E-state index contributed by atoms with van der Waals surface area (Å²) in [7, 11) is 0. The van der Waals surface area contributed by atoms with Crippen LogP contribution in [-0.4, -0.2) is 0 Å². The molecule has 0 N–H and O–H groups in total. The molecule has 8 rings (SSSR count). The molecule has 7 aromatic rings. The fraction of sp³-hybridized carbons (Fsp3) is 0.0811. The summed E-state index contributed by atoms with van der Waals surface area (Å²) in [6.07, 6.45) is 0. The Balaban J connectivity index is 1.37. The Labute approximate surface area is 246 Å². The van der Waals surface area contributed by atoms with Crippen molar-refractivity contribution in [2.75, 3.05) is 4.90 Å². The van der Waals surface area contributed by atoms with Crippen molar-refractivity contribution in [1.82, 2.24) is 0 Å². The molecule has 0 fully saturated rings. The van der Waals surface area contributed by atoms with Crippen LogP contribution in [0.4, 0.5) is 17.1 Å². The quantitative estimate of drug-likeness (QED) is 0.196. The first-order valence-corrected chi connectivity index (χ1v) is 15.2. The molecule has 1 aliphatic carbocycles. The summed E-state index contributed by atoms with van der Waals surface area (Å²) in [5.74, 6) is 0. The van der Waals surface area contributed by atoms with Gasteiger partial charge in [-0.15, -0.1) is 11.3 Å². The molecule has 1 nitrogen and oxygen atoms in total. The zero-order valence-corrected chi connectivity index (χ0v) is 24.7. The normalized spacial score (nSPS) is 13.6. The van der Waals surface area contributed by atoms with E-state index in [1.54, 1.807) is 0 Å². The molecule has 40 heavy (non-hydrogen) atoms. The van der Waals surface area contributed by atoms with Gasteiger partial charge in [0.25, 0.3) is 0 Å². The number of nitrogens with zero attached hydrogens (tertiary/aromatic N) is 1. The third kappa shape index (κ3) is 3.51. The monoisotopic (exact) mass is 595 g/mol. The maximum Gasteiger partial charge on any atom is 0.0487 e. The van der Waals surface area contributed by atoms with Crippen molar-refractivity contribution in [2.45, 2.75) is 19.3 Å². The SMILES string of the molecule is CC1(C)c2ccccc2-c2ccc(N(c3ccc4ccccc4c3)c3cc(Br)c4c(c3)sc3ccccc34)cc21. The molecule has 0 saturated heterocycles. The second-order valence-corrected chi connectivity index (χ2v) is 13.1. The lowest BCUT2D eigenvalue weighted by Crippen LogP contribution is -2.16. The summed E-state index contributed by atoms with van der Waals surface area (Å²) in [6, 6.07) is 44.6. The maximum atomic E-state index is 3.97. The van der Waals surface area contributed by atoms with Gasteiger partial charge >= 0.3 is 0 Å². The first kappa shape index (κ1) is 23.9. The van der Waals surface area contributed by atoms with Crippen molar-refractivity contribution >= 4 is 75.3 Å². The van der Waals surface area contributed by atoms with Gasteiger partial charge in [-0.05, 0) is 75.5 Å². The summed E-state index contributed by atoms with van der Waals surface area (Å²) in [4.78, 5) is 2.42. The van der Waals surface area contributed by atoms with E-state index in [0.29, 0.717) is 0 Å². The largest absolute Gasteiger partial charge is 0.310 e. The van der Waals surface area contributed by atoms with Gasteiger partial charge in [0, 0.05) is 47.1 Å². The van der Waals surface area contributed by atoms with Gasteiger partial charge in [0.15, 0.2) is 0 Å². The molecule has 192 valence electrons. The predicted molar refractivity (Wildman–Crippen MR) is 177 cm³/mol. The van der Waals surface area contributed by atoms with Crippen LogP contribution < -0.4 is 4.90 Å². The summed E-state index contributed by atoms with van der Waals surface area (Å²) in [5.41, 5.74) is 8.86. The van der Waals surface area contributed by atoms with Crippen LogP contribution in [0.15, 0.2) is 126 Å². The molecule has 1 aliphatic rings. The summed E-state index contributed by atoms with van der Waals surface area (Å²) >= 11 is 5.82. The number of hydrogen-bond donors (Lipinski definition) is 0. The van der Waals surface area contributed by atoms with Gasteiger partial charge in [0.2, 0.25) is 0 Å². The number of rotatable bonds is 3. The van der Waals surface area contributed by atoms with E-state index in [2.05, 4.69) is 156 Å². The van der Waals surface area contributed by atoms with E-state index < -0.39 is 0 Å². The molecule has 1 heterocycles. The van der Waals surface area contributed by atoms with Gasteiger partial charge in [0.05, 0.1) is 0 Å². The van der Waals surface area contributed by atoms with E-state index in [9.17, 15) is 0 Å². The Morgan fingerprint density at radius 1 is 0.575 bits per heavy atom. The van der Waals surface area contributed by atoms with E-state index >= 15 is 0 Å². The van der Waals surface area contributed by atoms with E-state index in [1.807, 2.05) is 11.3 Å². The number of hydrogen-bond acceptors (Lipinski definition) is 2. The summed E-state index contributed by atoms with van der Waals surface area (Å²) in [6.45, 7) is 4.70. The molecule has 0 saturated carbocycles. The lowest BCUT2D eigenvalue weighted by molar-refractivity contribution is 0.660. The topological polar surface area (TPSA) is 3.24 Å². The third-order valence-electron chi connectivity index (χ3n) is 8.49. The molecular formula is C37H26BrNS. The van der Waals surface area contributed by atoms with Gasteiger partial charge in [-0.2, -0.15) is 0 Å². The molecule has 6 aromatic carbocycles. The highest BCUT2D eigenvalue weighted by Crippen LogP contribution is 2.51. The fourth-order valence-corrected chi connectivity index (χ4v) is 8.47. The van der Waals surface area contributed by atoms with Gasteiger partial charge in [-0.3, -0.25) is 0 Å². The average molecular weight is 597 g/mol. The van der Waals surface area contributed by atoms with E-state index in [0.717, 1.165) is 15.8 Å². The third-order valence-corrected chi connectivity index (χ3v) is 10.2. The molecule has 0 radical (unpaired) electrons. The van der Waals surface area contributed by atoms with Crippen molar-refractivity contribution < 1.29 is 0 Å². The van der Waals surface area contributed by atoms with Crippen molar-refractivity contribution in [3.05, 3.63) is 137 Å². The second-order valence-electron chi connectivity index (χ2n) is 11.2. The number of fused-ring (bicyclic) bond motifs is 7. The molecule has 1 aromatic heterocycles. The predicted octanol–water partition coefficient (Wildman–Crippen LogP) is 11.7. The highest BCUT2D eigenvalue weighted by Gasteiger charge is 2.35. The van der Waals surface area contributed by atoms with Crippen molar-refractivity contribution in [3.63, 3.8) is 0 Å². The van der Waals surface area contributed by atoms with Crippen molar-refractivity contribution in [3.8, 4) is 11.1 Å². The van der Waals surface area contributed by atoms with E-state index in [-0.39, 0.29) is 5.41 Å². The Kier molecular flexibility index (Phi) is 5.26. The molecule has 0 amide bonds. The van der Waals surface area contributed by atoms with Crippen molar-refractivity contribution in [1.29, 1.82) is 0 Å². The Morgan fingerprint density at radius 3 is 2.17 bits per heavy atom.